The molecular weight excluding hydrogens is 388 g/mol. The number of aromatic nitrogens is 7. The number of anilines is 1. The first-order chi connectivity index (χ1) is 14.5. The van der Waals surface area contributed by atoms with Crippen molar-refractivity contribution in [3.8, 4) is 11.3 Å². The second-order valence-corrected chi connectivity index (χ2v) is 6.84. The lowest BCUT2D eigenvalue weighted by molar-refractivity contribution is -0.143. The van der Waals surface area contributed by atoms with Crippen molar-refractivity contribution in [3.05, 3.63) is 42.1 Å². The van der Waals surface area contributed by atoms with Crippen LogP contribution in [0.5, 0.6) is 0 Å². The molecule has 0 aliphatic heterocycles. The monoisotopic (exact) mass is 410 g/mol. The van der Waals surface area contributed by atoms with Crippen molar-refractivity contribution in [2.75, 3.05) is 5.32 Å². The van der Waals surface area contributed by atoms with Crippen molar-refractivity contribution in [2.45, 2.75) is 39.0 Å². The fourth-order valence-electron chi connectivity index (χ4n) is 3.20. The van der Waals surface area contributed by atoms with Gasteiger partial charge in [-0.05, 0) is 24.5 Å². The molecule has 0 radical (unpaired) electrons. The third-order valence-corrected chi connectivity index (χ3v) is 4.61. The summed E-state index contributed by atoms with van der Waals surface area (Å²) in [5.74, 6) is -1.57. The zero-order valence-corrected chi connectivity index (χ0v) is 16.6. The first-order valence-electron chi connectivity index (χ1n) is 9.49. The Kier molecular flexibility index (Phi) is 6.73. The second kappa shape index (κ2) is 9.63. The van der Waals surface area contributed by atoms with Gasteiger partial charge in [0.1, 0.15) is 0 Å². The van der Waals surface area contributed by atoms with Gasteiger partial charge in [-0.3, -0.25) is 19.9 Å². The molecule has 3 aromatic rings. The van der Waals surface area contributed by atoms with E-state index in [9.17, 15) is 14.7 Å². The van der Waals surface area contributed by atoms with Crippen LogP contribution in [-0.2, 0) is 16.0 Å². The lowest BCUT2D eigenvalue weighted by Crippen LogP contribution is -2.25. The molecule has 3 heterocycles. The third-order valence-electron chi connectivity index (χ3n) is 4.61. The Labute approximate surface area is 172 Å². The number of rotatable bonds is 9. The number of nitrogens with zero attached hydrogens (tertiary/aromatic N) is 6. The minimum Gasteiger partial charge on any atom is -0.481 e. The Hall–Kier alpha value is -3.76. The number of aromatic amines is 1. The maximum atomic E-state index is 11.8. The zero-order chi connectivity index (χ0) is 21.5. The van der Waals surface area contributed by atoms with E-state index >= 15 is 0 Å². The molecule has 3 rings (SSSR count). The number of hydrogen-bond donors (Lipinski definition) is 3. The second-order valence-electron chi connectivity index (χ2n) is 6.84. The summed E-state index contributed by atoms with van der Waals surface area (Å²) in [4.78, 5) is 35.5. The van der Waals surface area contributed by atoms with E-state index in [4.69, 9.17) is 0 Å². The van der Waals surface area contributed by atoms with Crippen molar-refractivity contribution in [3.63, 3.8) is 0 Å². The maximum absolute atomic E-state index is 11.8. The number of carbonyl (C=O) groups is 2. The van der Waals surface area contributed by atoms with Gasteiger partial charge in [0.15, 0.2) is 5.82 Å². The van der Waals surface area contributed by atoms with Gasteiger partial charge >= 0.3 is 5.97 Å². The van der Waals surface area contributed by atoms with Gasteiger partial charge in [-0.25, -0.2) is 9.97 Å². The molecule has 156 valence electrons. The van der Waals surface area contributed by atoms with E-state index in [1.54, 1.807) is 18.6 Å². The van der Waals surface area contributed by atoms with Crippen LogP contribution in [0.25, 0.3) is 11.3 Å². The van der Waals surface area contributed by atoms with Crippen molar-refractivity contribution >= 4 is 17.8 Å². The zero-order valence-electron chi connectivity index (χ0n) is 16.6. The van der Waals surface area contributed by atoms with Crippen LogP contribution >= 0.6 is 0 Å². The van der Waals surface area contributed by atoms with E-state index in [-0.39, 0.29) is 11.9 Å². The van der Waals surface area contributed by atoms with Crippen molar-refractivity contribution < 1.29 is 14.7 Å². The topological polar surface area (TPSA) is 160 Å². The summed E-state index contributed by atoms with van der Waals surface area (Å²) in [6, 6.07) is 3.69. The first kappa shape index (κ1) is 21.0. The summed E-state index contributed by atoms with van der Waals surface area (Å²) in [7, 11) is 0. The largest absolute Gasteiger partial charge is 0.481 e. The average Bonchev–Trinajstić information content (AvgIpc) is 3.26. The highest BCUT2D eigenvalue weighted by Crippen LogP contribution is 2.30. The number of pyridine rings is 1. The SMILES string of the molecule is CCC[C@H](C(=O)O)[C@H](Cc1ccc(-c2cnc(NC(C)=O)nc2)nc1)c1nn[nH]n1. The first-order valence-corrected chi connectivity index (χ1v) is 9.49. The molecule has 11 heteroatoms. The number of carboxylic acids is 1. The van der Waals surface area contributed by atoms with Crippen LogP contribution in [0.1, 0.15) is 44.0 Å². The van der Waals surface area contributed by atoms with Crippen LogP contribution in [0.4, 0.5) is 5.95 Å². The van der Waals surface area contributed by atoms with Crippen molar-refractivity contribution in [1.29, 1.82) is 0 Å². The molecule has 0 spiro atoms. The Balaban J connectivity index is 1.78. The summed E-state index contributed by atoms with van der Waals surface area (Å²) >= 11 is 0. The number of aliphatic carboxylic acids is 1. The number of hydrogen-bond acceptors (Lipinski definition) is 8. The molecule has 0 aliphatic carbocycles. The molecule has 0 unspecified atom stereocenters. The Morgan fingerprint density at radius 1 is 1.17 bits per heavy atom. The predicted octanol–water partition coefficient (Wildman–Crippen LogP) is 1.84. The predicted molar refractivity (Wildman–Crippen MR) is 106 cm³/mol. The molecule has 2 atom stereocenters. The molecule has 3 N–H and O–H groups in total. The summed E-state index contributed by atoms with van der Waals surface area (Å²) in [5.41, 5.74) is 2.21. The quantitative estimate of drug-likeness (QED) is 0.478. The number of H-pyrrole nitrogens is 1. The molecule has 0 aromatic carbocycles. The Bertz CT molecular complexity index is 974. The smallest absolute Gasteiger partial charge is 0.307 e. The lowest BCUT2D eigenvalue weighted by atomic mass is 9.83. The van der Waals surface area contributed by atoms with Crippen LogP contribution in [-0.4, -0.2) is 52.6 Å². The van der Waals surface area contributed by atoms with Crippen LogP contribution in [0.15, 0.2) is 30.7 Å². The molecule has 0 saturated carbocycles. The van der Waals surface area contributed by atoms with Crippen molar-refractivity contribution in [1.82, 2.24) is 35.6 Å². The third kappa shape index (κ3) is 5.19. The van der Waals surface area contributed by atoms with E-state index in [1.165, 1.54) is 6.92 Å². The molecule has 0 fully saturated rings. The summed E-state index contributed by atoms with van der Waals surface area (Å²) in [6.07, 6.45) is 6.50. The highest BCUT2D eigenvalue weighted by atomic mass is 16.4. The van der Waals surface area contributed by atoms with E-state index in [2.05, 4.69) is 40.9 Å². The number of tetrazole rings is 1. The van der Waals surface area contributed by atoms with Crippen LogP contribution in [0.3, 0.4) is 0 Å². The lowest BCUT2D eigenvalue weighted by Gasteiger charge is -2.20. The molecule has 0 saturated heterocycles. The highest BCUT2D eigenvalue weighted by molar-refractivity contribution is 5.86. The van der Waals surface area contributed by atoms with Gasteiger partial charge in [0.2, 0.25) is 11.9 Å². The molecule has 1 amide bonds. The maximum Gasteiger partial charge on any atom is 0.307 e. The van der Waals surface area contributed by atoms with Crippen molar-refractivity contribution in [2.24, 2.45) is 5.92 Å². The van der Waals surface area contributed by atoms with E-state index in [1.807, 2.05) is 19.1 Å². The van der Waals surface area contributed by atoms with Crippen LogP contribution < -0.4 is 5.32 Å². The number of carbonyl (C=O) groups excluding carboxylic acids is 1. The van der Waals surface area contributed by atoms with Crippen LogP contribution in [0, 0.1) is 5.92 Å². The minimum atomic E-state index is -0.882. The molecule has 0 bridgehead atoms. The normalized spacial score (nSPS) is 12.9. The molecular formula is C19H22N8O3. The fourth-order valence-corrected chi connectivity index (χ4v) is 3.20. The van der Waals surface area contributed by atoms with Gasteiger partial charge in [0.05, 0.1) is 11.6 Å². The van der Waals surface area contributed by atoms with Gasteiger partial charge in [-0.2, -0.15) is 5.21 Å². The average molecular weight is 410 g/mol. The van der Waals surface area contributed by atoms with Gasteiger partial charge < -0.3 is 5.11 Å². The van der Waals surface area contributed by atoms with Gasteiger partial charge in [0.25, 0.3) is 0 Å². The fraction of sp³-hybridized carbons (Fsp3) is 0.368. The minimum absolute atomic E-state index is 0.224. The van der Waals surface area contributed by atoms with E-state index < -0.39 is 17.8 Å². The van der Waals surface area contributed by atoms with Gasteiger partial charge in [0, 0.05) is 37.0 Å². The molecule has 3 aromatic heterocycles. The summed E-state index contributed by atoms with van der Waals surface area (Å²) in [6.45, 7) is 3.33. The number of nitrogens with one attached hydrogen (secondary N) is 2. The standard InChI is InChI=1S/C19H22N8O3/c1-3-4-14(18(29)30)15(17-24-26-27-25-17)7-12-5-6-16(20-8-12)13-9-21-19(22-10-13)23-11(2)28/h5-6,8-10,14-15H,3-4,7H2,1-2H3,(H,29,30)(H,21,22,23,28)(H,24,25,26,27)/t14-,15-/m0/s1. The highest BCUT2D eigenvalue weighted by Gasteiger charge is 2.32. The molecule has 0 aliphatic rings. The number of carboxylic acid groups (broad SMARTS) is 1. The summed E-state index contributed by atoms with van der Waals surface area (Å²) in [5, 5.41) is 26.2. The molecule has 11 nitrogen and oxygen atoms in total. The van der Waals surface area contributed by atoms with Gasteiger partial charge in [-0.15, -0.1) is 10.2 Å². The van der Waals surface area contributed by atoms with E-state index in [0.717, 1.165) is 12.0 Å². The Morgan fingerprint density at radius 3 is 2.47 bits per heavy atom. The molecule has 30 heavy (non-hydrogen) atoms. The Morgan fingerprint density at radius 2 is 1.93 bits per heavy atom. The number of amides is 1. The van der Waals surface area contributed by atoms with Crippen LogP contribution in [0.2, 0.25) is 0 Å². The summed E-state index contributed by atoms with van der Waals surface area (Å²) < 4.78 is 0. The van der Waals surface area contributed by atoms with Gasteiger partial charge in [-0.1, -0.05) is 24.6 Å². The van der Waals surface area contributed by atoms with E-state index in [0.29, 0.717) is 29.9 Å².